The smallest absolute Gasteiger partial charge is 0.191 e. The van der Waals surface area contributed by atoms with Crippen LogP contribution in [0.25, 0.3) is 0 Å². The Bertz CT molecular complexity index is 521. The lowest BCUT2D eigenvalue weighted by molar-refractivity contribution is 0.593. The van der Waals surface area contributed by atoms with Crippen molar-refractivity contribution >= 4 is 29.7 Å². The molecule has 1 aromatic carbocycles. The molecule has 0 saturated carbocycles. The van der Waals surface area contributed by atoms with Crippen molar-refractivity contribution in [1.82, 2.24) is 0 Å². The predicted octanol–water partition coefficient (Wildman–Crippen LogP) is 3.12. The molecule has 1 aromatic rings. The molecule has 2 N–H and O–H groups in total. The van der Waals surface area contributed by atoms with Gasteiger partial charge in [0.25, 0.3) is 0 Å². The number of thioether (sulfide) groups is 1. The summed E-state index contributed by atoms with van der Waals surface area (Å²) in [5.74, 6) is 0.864. The Balaban J connectivity index is 2.80. The van der Waals surface area contributed by atoms with Gasteiger partial charge in [0.15, 0.2) is 9.84 Å². The van der Waals surface area contributed by atoms with Crippen LogP contribution < -0.4 is 5.73 Å². The molecule has 0 aliphatic rings. The van der Waals surface area contributed by atoms with Gasteiger partial charge in [-0.25, -0.2) is 8.42 Å². The second kappa shape index (κ2) is 7.11. The number of hydrogen-bond donors (Lipinski definition) is 1. The highest BCUT2D eigenvalue weighted by Gasteiger charge is 2.27. The molecule has 0 spiro atoms. The first-order chi connectivity index (χ1) is 9.16. The van der Waals surface area contributed by atoms with E-state index in [1.54, 1.807) is 12.1 Å². The van der Waals surface area contributed by atoms with Crippen LogP contribution in [0, 0.1) is 6.92 Å². The third kappa shape index (κ3) is 5.24. The number of nitrogens with two attached hydrogens (primary N) is 1. The first kappa shape index (κ1) is 17.7. The Morgan fingerprint density at radius 3 is 2.20 bits per heavy atom. The quantitative estimate of drug-likeness (QED) is 0.780. The van der Waals surface area contributed by atoms with Crippen LogP contribution in [0.15, 0.2) is 29.2 Å². The van der Waals surface area contributed by atoms with Crippen molar-refractivity contribution < 1.29 is 8.42 Å². The standard InChI is InChI=1S/C14H25NO2S2Si/c1-12-5-7-13(8-6-12)19(16,17)14(11-15)18-9-10-20(2,3)4/h5-8,14H,9-11,15H2,1-4H3. The molecule has 0 aliphatic carbocycles. The SMILES string of the molecule is Cc1ccc(S(=O)(=O)C(CN)SCC[Si](C)(C)C)cc1. The maximum absolute atomic E-state index is 12.5. The minimum atomic E-state index is -3.33. The summed E-state index contributed by atoms with van der Waals surface area (Å²) in [7, 11) is -4.47. The molecule has 114 valence electrons. The van der Waals surface area contributed by atoms with Crippen molar-refractivity contribution in [2.75, 3.05) is 12.3 Å². The zero-order valence-corrected chi connectivity index (χ0v) is 15.4. The van der Waals surface area contributed by atoms with E-state index in [1.165, 1.54) is 11.8 Å². The van der Waals surface area contributed by atoms with E-state index in [2.05, 4.69) is 19.6 Å². The lowest BCUT2D eigenvalue weighted by atomic mass is 10.2. The second-order valence-electron chi connectivity index (χ2n) is 6.20. The Hall–Kier alpha value is -0.303. The van der Waals surface area contributed by atoms with E-state index in [4.69, 9.17) is 5.73 Å². The van der Waals surface area contributed by atoms with Crippen LogP contribution in [0.2, 0.25) is 25.7 Å². The molecule has 0 aliphatic heterocycles. The normalized spacial score (nSPS) is 14.2. The minimum absolute atomic E-state index is 0.159. The maximum atomic E-state index is 12.5. The molecular weight excluding hydrogens is 306 g/mol. The molecule has 1 rings (SSSR count). The van der Waals surface area contributed by atoms with E-state index in [0.29, 0.717) is 4.90 Å². The van der Waals surface area contributed by atoms with Crippen molar-refractivity contribution in [1.29, 1.82) is 0 Å². The molecule has 0 aromatic heterocycles. The van der Waals surface area contributed by atoms with E-state index < -0.39 is 22.5 Å². The van der Waals surface area contributed by atoms with Crippen LogP contribution >= 0.6 is 11.8 Å². The lowest BCUT2D eigenvalue weighted by Crippen LogP contribution is -2.28. The van der Waals surface area contributed by atoms with Crippen molar-refractivity contribution in [3.05, 3.63) is 29.8 Å². The van der Waals surface area contributed by atoms with Crippen molar-refractivity contribution in [2.45, 2.75) is 42.1 Å². The van der Waals surface area contributed by atoms with Crippen LogP contribution in [0.1, 0.15) is 5.56 Å². The van der Waals surface area contributed by atoms with Gasteiger partial charge in [0, 0.05) is 14.6 Å². The molecule has 0 radical (unpaired) electrons. The van der Waals surface area contributed by atoms with E-state index >= 15 is 0 Å². The summed E-state index contributed by atoms with van der Waals surface area (Å²) in [5, 5.41) is 0. The molecule has 6 heteroatoms. The molecule has 0 saturated heterocycles. The van der Waals surface area contributed by atoms with Crippen LogP contribution in [-0.2, 0) is 9.84 Å². The van der Waals surface area contributed by atoms with Gasteiger partial charge in [0.2, 0.25) is 0 Å². The second-order valence-corrected chi connectivity index (χ2v) is 15.6. The van der Waals surface area contributed by atoms with Gasteiger partial charge in [0.1, 0.15) is 4.58 Å². The summed E-state index contributed by atoms with van der Waals surface area (Å²) in [6.45, 7) is 8.98. The molecule has 1 atom stereocenters. The fourth-order valence-electron chi connectivity index (χ4n) is 1.66. The highest BCUT2D eigenvalue weighted by Crippen LogP contribution is 2.26. The third-order valence-electron chi connectivity index (χ3n) is 3.04. The minimum Gasteiger partial charge on any atom is -0.328 e. The van der Waals surface area contributed by atoms with Gasteiger partial charge in [-0.2, -0.15) is 0 Å². The summed E-state index contributed by atoms with van der Waals surface area (Å²) < 4.78 is 24.5. The van der Waals surface area contributed by atoms with Crippen LogP contribution in [0.3, 0.4) is 0 Å². The molecule has 0 bridgehead atoms. The van der Waals surface area contributed by atoms with E-state index in [0.717, 1.165) is 17.4 Å². The molecule has 0 fully saturated rings. The van der Waals surface area contributed by atoms with Gasteiger partial charge in [-0.1, -0.05) is 37.3 Å². The van der Waals surface area contributed by atoms with Gasteiger partial charge in [-0.05, 0) is 30.9 Å². The molecule has 1 unspecified atom stereocenters. The highest BCUT2D eigenvalue weighted by atomic mass is 32.3. The number of sulfone groups is 1. The van der Waals surface area contributed by atoms with Gasteiger partial charge in [-0.15, -0.1) is 11.8 Å². The van der Waals surface area contributed by atoms with Crippen molar-refractivity contribution in [2.24, 2.45) is 5.73 Å². The topological polar surface area (TPSA) is 60.2 Å². The largest absolute Gasteiger partial charge is 0.328 e. The lowest BCUT2D eigenvalue weighted by Gasteiger charge is -2.19. The number of benzene rings is 1. The molecule has 0 heterocycles. The zero-order valence-electron chi connectivity index (χ0n) is 12.7. The predicted molar refractivity (Wildman–Crippen MR) is 91.8 cm³/mol. The number of rotatable bonds is 7. The summed E-state index contributed by atoms with van der Waals surface area (Å²) in [4.78, 5) is 0.374. The Labute approximate surface area is 128 Å². The monoisotopic (exact) mass is 331 g/mol. The fraction of sp³-hybridized carbons (Fsp3) is 0.571. The Morgan fingerprint density at radius 2 is 1.75 bits per heavy atom. The van der Waals surface area contributed by atoms with E-state index in [-0.39, 0.29) is 6.54 Å². The number of hydrogen-bond acceptors (Lipinski definition) is 4. The Kier molecular flexibility index (Phi) is 6.31. The van der Waals surface area contributed by atoms with E-state index in [1.807, 2.05) is 19.1 Å². The van der Waals surface area contributed by atoms with Crippen LogP contribution in [0.5, 0.6) is 0 Å². The van der Waals surface area contributed by atoms with Gasteiger partial charge >= 0.3 is 0 Å². The van der Waals surface area contributed by atoms with Crippen LogP contribution in [0.4, 0.5) is 0 Å². The summed E-state index contributed by atoms with van der Waals surface area (Å²) in [5.41, 5.74) is 6.74. The highest BCUT2D eigenvalue weighted by molar-refractivity contribution is 8.13. The average Bonchev–Trinajstić information content (AvgIpc) is 2.33. The van der Waals surface area contributed by atoms with Crippen molar-refractivity contribution in [3.63, 3.8) is 0 Å². The molecule has 0 amide bonds. The van der Waals surface area contributed by atoms with Gasteiger partial charge < -0.3 is 5.73 Å². The molecule has 3 nitrogen and oxygen atoms in total. The van der Waals surface area contributed by atoms with Gasteiger partial charge in [0.05, 0.1) is 4.90 Å². The summed E-state index contributed by atoms with van der Waals surface area (Å²) in [6, 6.07) is 8.11. The summed E-state index contributed by atoms with van der Waals surface area (Å²) >= 11 is 1.48. The fourth-order valence-corrected chi connectivity index (χ4v) is 7.39. The zero-order chi connectivity index (χ0) is 15.4. The maximum Gasteiger partial charge on any atom is 0.191 e. The molecular formula is C14H25NO2S2Si. The Morgan fingerprint density at radius 1 is 1.20 bits per heavy atom. The average molecular weight is 332 g/mol. The summed E-state index contributed by atoms with van der Waals surface area (Å²) in [6.07, 6.45) is 0. The van der Waals surface area contributed by atoms with E-state index in [9.17, 15) is 8.42 Å². The van der Waals surface area contributed by atoms with Crippen molar-refractivity contribution in [3.8, 4) is 0 Å². The molecule has 20 heavy (non-hydrogen) atoms. The van der Waals surface area contributed by atoms with Crippen LogP contribution in [-0.4, -0.2) is 33.4 Å². The first-order valence-electron chi connectivity index (χ1n) is 6.79. The third-order valence-corrected chi connectivity index (χ3v) is 9.14. The van der Waals surface area contributed by atoms with Gasteiger partial charge in [-0.3, -0.25) is 0 Å². The first-order valence-corrected chi connectivity index (χ1v) is 13.1. The number of aryl methyl sites for hydroxylation is 1.